The molecule has 2 aromatic heterocycles. The fourth-order valence-electron chi connectivity index (χ4n) is 3.95. The molecule has 1 N–H and O–H groups in total. The highest BCUT2D eigenvalue weighted by molar-refractivity contribution is 5.99. The van der Waals surface area contributed by atoms with Crippen LogP contribution in [-0.4, -0.2) is 76.5 Å². The van der Waals surface area contributed by atoms with Gasteiger partial charge >= 0.3 is 0 Å². The van der Waals surface area contributed by atoms with Crippen molar-refractivity contribution < 1.29 is 14.1 Å². The average molecular weight is 399 g/mol. The number of carbonyl (C=O) groups excluding carboxylic acids is 2. The van der Waals surface area contributed by atoms with E-state index in [4.69, 9.17) is 4.52 Å². The molecule has 8 nitrogen and oxygen atoms in total. The van der Waals surface area contributed by atoms with E-state index in [-0.39, 0.29) is 11.7 Å². The minimum Gasteiger partial charge on any atom is -0.360 e. The van der Waals surface area contributed by atoms with Gasteiger partial charge in [-0.3, -0.25) is 24.0 Å². The average Bonchev–Trinajstić information content (AvgIpc) is 3.30. The molecule has 1 saturated heterocycles. The second-order valence-corrected chi connectivity index (χ2v) is 8.23. The maximum absolute atomic E-state index is 12.9. The summed E-state index contributed by atoms with van der Waals surface area (Å²) in [5.74, 6) is 1.68. The molecule has 2 fully saturated rings. The number of hydrogen-bond donors (Lipinski definition) is 1. The Bertz CT molecular complexity index is 904. The van der Waals surface area contributed by atoms with Crippen molar-refractivity contribution in [2.75, 3.05) is 39.3 Å². The van der Waals surface area contributed by atoms with Crippen molar-refractivity contribution in [1.29, 1.82) is 0 Å². The number of rotatable bonds is 7. The smallest absolute Gasteiger partial charge is 0.234 e. The van der Waals surface area contributed by atoms with E-state index in [0.717, 1.165) is 61.7 Å². The minimum absolute atomic E-state index is 0.115. The van der Waals surface area contributed by atoms with Crippen LogP contribution in [0.4, 0.5) is 0 Å². The van der Waals surface area contributed by atoms with E-state index in [1.165, 1.54) is 0 Å². The first-order chi connectivity index (χ1) is 13.9. The third-order valence-corrected chi connectivity index (χ3v) is 5.72. The number of amides is 1. The van der Waals surface area contributed by atoms with Gasteiger partial charge in [-0.2, -0.15) is 0 Å². The molecule has 0 bridgehead atoms. The number of nitrogens with one attached hydrogen (secondary N) is 1. The van der Waals surface area contributed by atoms with Crippen molar-refractivity contribution in [1.82, 2.24) is 24.8 Å². The molecule has 2 aliphatic rings. The number of ketones is 1. The highest BCUT2D eigenvalue weighted by Crippen LogP contribution is 2.22. The number of aryl methyl sites for hydroxylation is 2. The standard InChI is InChI=1S/C21H29N5O3/c1-14-10-18(16(3)26(14)20-11-15(2)29-23-20)19(27)12-24-6-8-25(9-7-24)13-21(28)22-17-4-5-17/h10-11,17H,4-9,12-13H2,1-3H3,(H,22,28). The molecule has 0 atom stereocenters. The summed E-state index contributed by atoms with van der Waals surface area (Å²) in [6.07, 6.45) is 2.22. The number of hydrogen-bond acceptors (Lipinski definition) is 6. The zero-order chi connectivity index (χ0) is 20.5. The van der Waals surface area contributed by atoms with Gasteiger partial charge in [-0.05, 0) is 39.7 Å². The van der Waals surface area contributed by atoms with E-state index in [9.17, 15) is 9.59 Å². The van der Waals surface area contributed by atoms with Gasteiger partial charge in [0, 0.05) is 55.2 Å². The van der Waals surface area contributed by atoms with Gasteiger partial charge in [0.15, 0.2) is 11.6 Å². The number of nitrogens with zero attached hydrogens (tertiary/aromatic N) is 4. The van der Waals surface area contributed by atoms with Crippen LogP contribution in [-0.2, 0) is 4.79 Å². The summed E-state index contributed by atoms with van der Waals surface area (Å²) in [6, 6.07) is 4.20. The van der Waals surface area contributed by atoms with Crippen molar-refractivity contribution in [3.63, 3.8) is 0 Å². The quantitative estimate of drug-likeness (QED) is 0.710. The van der Waals surface area contributed by atoms with E-state index in [2.05, 4.69) is 20.3 Å². The lowest BCUT2D eigenvalue weighted by Gasteiger charge is -2.33. The molecular formula is C21H29N5O3. The summed E-state index contributed by atoms with van der Waals surface area (Å²) in [5, 5.41) is 7.11. The van der Waals surface area contributed by atoms with Crippen LogP contribution in [0.5, 0.6) is 0 Å². The molecule has 1 aliphatic heterocycles. The normalized spacial score (nSPS) is 18.2. The van der Waals surface area contributed by atoms with Crippen LogP contribution < -0.4 is 5.32 Å². The Balaban J connectivity index is 1.32. The first-order valence-corrected chi connectivity index (χ1v) is 10.3. The predicted molar refractivity (Wildman–Crippen MR) is 108 cm³/mol. The molecule has 1 aliphatic carbocycles. The molecule has 4 rings (SSSR count). The molecule has 0 radical (unpaired) electrons. The maximum atomic E-state index is 12.9. The summed E-state index contributed by atoms with van der Waals surface area (Å²) < 4.78 is 7.14. The maximum Gasteiger partial charge on any atom is 0.234 e. The molecule has 1 amide bonds. The van der Waals surface area contributed by atoms with Gasteiger partial charge in [-0.1, -0.05) is 5.16 Å². The minimum atomic E-state index is 0.115. The first kappa shape index (κ1) is 19.8. The largest absolute Gasteiger partial charge is 0.360 e. The molecule has 0 aromatic carbocycles. The Labute approximate surface area is 170 Å². The fraction of sp³-hybridized carbons (Fsp3) is 0.571. The molecular weight excluding hydrogens is 370 g/mol. The molecule has 29 heavy (non-hydrogen) atoms. The van der Waals surface area contributed by atoms with E-state index in [0.29, 0.717) is 24.9 Å². The molecule has 1 saturated carbocycles. The van der Waals surface area contributed by atoms with Crippen LogP contribution in [0.3, 0.4) is 0 Å². The molecule has 8 heteroatoms. The van der Waals surface area contributed by atoms with Crippen LogP contribution >= 0.6 is 0 Å². The zero-order valence-corrected chi connectivity index (χ0v) is 17.4. The summed E-state index contributed by atoms with van der Waals surface area (Å²) in [5.41, 5.74) is 2.58. The van der Waals surface area contributed by atoms with E-state index in [1.807, 2.05) is 37.5 Å². The van der Waals surface area contributed by atoms with Crippen molar-refractivity contribution in [2.45, 2.75) is 39.7 Å². The second kappa shape index (κ2) is 8.12. The first-order valence-electron chi connectivity index (χ1n) is 10.3. The van der Waals surface area contributed by atoms with Crippen molar-refractivity contribution in [3.8, 4) is 5.82 Å². The van der Waals surface area contributed by atoms with Gasteiger partial charge in [-0.15, -0.1) is 0 Å². The van der Waals surface area contributed by atoms with Gasteiger partial charge < -0.3 is 9.84 Å². The fourth-order valence-corrected chi connectivity index (χ4v) is 3.95. The van der Waals surface area contributed by atoms with Gasteiger partial charge in [0.1, 0.15) is 5.76 Å². The number of Topliss-reactive ketones (excluding diaryl/α,β-unsaturated/α-hetero) is 1. The highest BCUT2D eigenvalue weighted by atomic mass is 16.5. The second-order valence-electron chi connectivity index (χ2n) is 8.23. The lowest BCUT2D eigenvalue weighted by Crippen LogP contribution is -2.50. The monoisotopic (exact) mass is 399 g/mol. The lowest BCUT2D eigenvalue weighted by molar-refractivity contribution is -0.122. The van der Waals surface area contributed by atoms with Gasteiger partial charge in [0.25, 0.3) is 0 Å². The predicted octanol–water partition coefficient (Wildman–Crippen LogP) is 1.47. The number of carbonyl (C=O) groups is 2. The Morgan fingerprint density at radius 3 is 2.31 bits per heavy atom. The number of piperazine rings is 1. The summed E-state index contributed by atoms with van der Waals surface area (Å²) in [7, 11) is 0. The molecule has 0 unspecified atom stereocenters. The summed E-state index contributed by atoms with van der Waals surface area (Å²) >= 11 is 0. The van der Waals surface area contributed by atoms with E-state index in [1.54, 1.807) is 0 Å². The third-order valence-electron chi connectivity index (χ3n) is 5.72. The van der Waals surface area contributed by atoms with Gasteiger partial charge in [0.2, 0.25) is 5.91 Å². The van der Waals surface area contributed by atoms with Crippen molar-refractivity contribution >= 4 is 11.7 Å². The molecule has 3 heterocycles. The number of aromatic nitrogens is 2. The van der Waals surface area contributed by atoms with Gasteiger partial charge in [0.05, 0.1) is 13.1 Å². The van der Waals surface area contributed by atoms with Crippen LogP contribution in [0.15, 0.2) is 16.7 Å². The van der Waals surface area contributed by atoms with Crippen molar-refractivity contribution in [3.05, 3.63) is 34.8 Å². The Hall–Kier alpha value is -2.45. The Kier molecular flexibility index (Phi) is 5.56. The molecule has 0 spiro atoms. The van der Waals surface area contributed by atoms with Crippen LogP contribution in [0.25, 0.3) is 5.82 Å². The summed E-state index contributed by atoms with van der Waals surface area (Å²) in [6.45, 7) is 9.82. The van der Waals surface area contributed by atoms with Crippen LogP contribution in [0, 0.1) is 20.8 Å². The Morgan fingerprint density at radius 1 is 1.07 bits per heavy atom. The SMILES string of the molecule is Cc1cc(-n2c(C)cc(C(=O)CN3CCN(CC(=O)NC4CC4)CC3)c2C)no1. The topological polar surface area (TPSA) is 83.6 Å². The summed E-state index contributed by atoms with van der Waals surface area (Å²) in [4.78, 5) is 29.2. The third kappa shape index (κ3) is 4.59. The van der Waals surface area contributed by atoms with Crippen LogP contribution in [0.2, 0.25) is 0 Å². The lowest BCUT2D eigenvalue weighted by atomic mass is 10.1. The van der Waals surface area contributed by atoms with E-state index >= 15 is 0 Å². The van der Waals surface area contributed by atoms with Crippen LogP contribution in [0.1, 0.15) is 40.3 Å². The van der Waals surface area contributed by atoms with E-state index < -0.39 is 0 Å². The van der Waals surface area contributed by atoms with Crippen molar-refractivity contribution in [2.24, 2.45) is 0 Å². The molecule has 2 aromatic rings. The van der Waals surface area contributed by atoms with Gasteiger partial charge in [-0.25, -0.2) is 0 Å². The zero-order valence-electron chi connectivity index (χ0n) is 17.4. The molecule has 156 valence electrons. The Morgan fingerprint density at radius 2 is 1.72 bits per heavy atom. The highest BCUT2D eigenvalue weighted by Gasteiger charge is 2.26.